The number of guanidine groups is 1. The van der Waals surface area contributed by atoms with E-state index in [0.29, 0.717) is 37.2 Å². The molecule has 2 heterocycles. The second-order valence-corrected chi connectivity index (χ2v) is 7.76. The van der Waals surface area contributed by atoms with Crippen LogP contribution in [-0.4, -0.2) is 73.4 Å². The van der Waals surface area contributed by atoms with Gasteiger partial charge < -0.3 is 15.0 Å². The van der Waals surface area contributed by atoms with Gasteiger partial charge in [-0.1, -0.05) is 19.1 Å². The first-order chi connectivity index (χ1) is 14.5. The molecule has 162 valence electrons. The van der Waals surface area contributed by atoms with Gasteiger partial charge in [0.1, 0.15) is 0 Å². The lowest BCUT2D eigenvalue weighted by Crippen LogP contribution is -2.40. The van der Waals surface area contributed by atoms with Crippen LogP contribution in [0.1, 0.15) is 47.4 Å². The molecule has 0 aromatic heterocycles. The maximum absolute atomic E-state index is 12.4. The molecule has 8 nitrogen and oxygen atoms in total. The Morgan fingerprint density at radius 1 is 1.17 bits per heavy atom. The van der Waals surface area contributed by atoms with Crippen LogP contribution >= 0.6 is 0 Å². The zero-order valence-electron chi connectivity index (χ0n) is 17.9. The lowest BCUT2D eigenvalue weighted by Gasteiger charge is -2.21. The fourth-order valence-corrected chi connectivity index (χ4v) is 4.03. The molecule has 2 amide bonds. The van der Waals surface area contributed by atoms with E-state index in [4.69, 9.17) is 4.74 Å². The number of esters is 1. The zero-order valence-corrected chi connectivity index (χ0v) is 17.9. The predicted molar refractivity (Wildman–Crippen MR) is 113 cm³/mol. The number of aliphatic imine (C=N–C) groups is 1. The van der Waals surface area contributed by atoms with Crippen molar-refractivity contribution < 1.29 is 19.1 Å². The summed E-state index contributed by atoms with van der Waals surface area (Å²) in [5, 5.41) is 3.29. The number of carbonyl (C=O) groups is 3. The van der Waals surface area contributed by atoms with E-state index in [9.17, 15) is 14.4 Å². The highest BCUT2D eigenvalue weighted by Gasteiger charge is 2.37. The highest BCUT2D eigenvalue weighted by atomic mass is 16.5. The number of ether oxygens (including phenoxy) is 1. The van der Waals surface area contributed by atoms with Crippen molar-refractivity contribution in [1.29, 1.82) is 0 Å². The van der Waals surface area contributed by atoms with E-state index >= 15 is 0 Å². The van der Waals surface area contributed by atoms with Crippen molar-refractivity contribution in [3.05, 3.63) is 35.4 Å². The Morgan fingerprint density at radius 2 is 1.83 bits per heavy atom. The third kappa shape index (κ3) is 4.47. The molecule has 2 aliphatic rings. The number of amides is 2. The van der Waals surface area contributed by atoms with Gasteiger partial charge in [0.2, 0.25) is 0 Å². The molecule has 1 N–H and O–H groups in total. The van der Waals surface area contributed by atoms with Crippen LogP contribution in [0.15, 0.2) is 29.3 Å². The van der Waals surface area contributed by atoms with E-state index in [1.54, 1.807) is 24.3 Å². The molecule has 8 heteroatoms. The molecular formula is C22H30N4O4. The van der Waals surface area contributed by atoms with E-state index in [1.165, 1.54) is 12.0 Å². The van der Waals surface area contributed by atoms with Crippen LogP contribution in [-0.2, 0) is 9.53 Å². The second-order valence-electron chi connectivity index (χ2n) is 7.76. The van der Waals surface area contributed by atoms with Gasteiger partial charge in [-0.15, -0.1) is 0 Å². The van der Waals surface area contributed by atoms with Gasteiger partial charge in [0, 0.05) is 32.7 Å². The summed E-state index contributed by atoms with van der Waals surface area (Å²) in [5.74, 6) is 0.237. The van der Waals surface area contributed by atoms with Crippen molar-refractivity contribution in [2.75, 3.05) is 39.8 Å². The minimum atomic E-state index is -0.215. The van der Waals surface area contributed by atoms with Crippen LogP contribution in [0.3, 0.4) is 0 Å². The van der Waals surface area contributed by atoms with Gasteiger partial charge in [0.05, 0.1) is 24.2 Å². The average molecular weight is 415 g/mol. The molecule has 1 aromatic rings. The number of nitrogens with zero attached hydrogens (tertiary/aromatic N) is 3. The van der Waals surface area contributed by atoms with Crippen LogP contribution in [0.25, 0.3) is 0 Å². The number of hydrogen-bond donors (Lipinski definition) is 1. The van der Waals surface area contributed by atoms with Gasteiger partial charge in [-0.2, -0.15) is 0 Å². The number of benzene rings is 1. The smallest absolute Gasteiger partial charge is 0.310 e. The molecule has 0 radical (unpaired) electrons. The van der Waals surface area contributed by atoms with Crippen molar-refractivity contribution in [2.45, 2.75) is 26.7 Å². The summed E-state index contributed by atoms with van der Waals surface area (Å²) >= 11 is 0. The standard InChI is InChI=1S/C22H30N4O4/c1-4-23-22(25-13-15(2)18(14-25)21(29)30-3)24-11-7-8-12-26-19(27)16-9-5-6-10-17(16)20(26)28/h5-6,9-10,15,18H,4,7-8,11-14H2,1-3H3,(H,23,24). The Kier molecular flexibility index (Phi) is 7.07. The number of methoxy groups -OCH3 is 1. The fourth-order valence-electron chi connectivity index (χ4n) is 4.03. The zero-order chi connectivity index (χ0) is 21.7. The quantitative estimate of drug-likeness (QED) is 0.240. The Labute approximate surface area is 177 Å². The van der Waals surface area contributed by atoms with Crippen molar-refractivity contribution in [1.82, 2.24) is 15.1 Å². The van der Waals surface area contributed by atoms with Gasteiger partial charge in [0.15, 0.2) is 5.96 Å². The Morgan fingerprint density at radius 3 is 2.43 bits per heavy atom. The lowest BCUT2D eigenvalue weighted by atomic mass is 9.99. The van der Waals surface area contributed by atoms with Crippen molar-refractivity contribution in [3.8, 4) is 0 Å². The molecular weight excluding hydrogens is 384 g/mol. The number of imide groups is 1. The third-order valence-corrected chi connectivity index (χ3v) is 5.68. The normalized spacial score (nSPS) is 21.2. The lowest BCUT2D eigenvalue weighted by molar-refractivity contribution is -0.146. The van der Waals surface area contributed by atoms with Gasteiger partial charge in [-0.25, -0.2) is 0 Å². The van der Waals surface area contributed by atoms with Gasteiger partial charge in [-0.3, -0.25) is 24.3 Å². The molecule has 0 spiro atoms. The molecule has 1 saturated heterocycles. The molecule has 0 aliphatic carbocycles. The summed E-state index contributed by atoms with van der Waals surface area (Å²) in [7, 11) is 1.42. The summed E-state index contributed by atoms with van der Waals surface area (Å²) < 4.78 is 4.91. The van der Waals surface area contributed by atoms with E-state index in [-0.39, 0.29) is 29.6 Å². The molecule has 30 heavy (non-hydrogen) atoms. The third-order valence-electron chi connectivity index (χ3n) is 5.68. The number of rotatable bonds is 7. The minimum Gasteiger partial charge on any atom is -0.469 e. The van der Waals surface area contributed by atoms with E-state index in [1.807, 2.05) is 13.8 Å². The Hall–Kier alpha value is -2.90. The van der Waals surface area contributed by atoms with Crippen LogP contribution in [0.4, 0.5) is 0 Å². The molecule has 1 aromatic carbocycles. The highest BCUT2D eigenvalue weighted by molar-refractivity contribution is 6.21. The van der Waals surface area contributed by atoms with Gasteiger partial charge >= 0.3 is 5.97 Å². The molecule has 0 bridgehead atoms. The predicted octanol–water partition coefficient (Wildman–Crippen LogP) is 1.77. The highest BCUT2D eigenvalue weighted by Crippen LogP contribution is 2.24. The summed E-state index contributed by atoms with van der Waals surface area (Å²) in [6.07, 6.45) is 1.45. The second kappa shape index (κ2) is 9.73. The number of unbranched alkanes of at least 4 members (excludes halogenated alkanes) is 1. The van der Waals surface area contributed by atoms with E-state index < -0.39 is 0 Å². The van der Waals surface area contributed by atoms with Crippen LogP contribution in [0.5, 0.6) is 0 Å². The summed E-state index contributed by atoms with van der Waals surface area (Å²) in [4.78, 5) is 44.8. The van der Waals surface area contributed by atoms with Crippen LogP contribution < -0.4 is 5.32 Å². The maximum Gasteiger partial charge on any atom is 0.310 e. The molecule has 1 fully saturated rings. The first kappa shape index (κ1) is 21.8. The molecule has 0 saturated carbocycles. The molecule has 3 rings (SSSR count). The van der Waals surface area contributed by atoms with Crippen molar-refractivity contribution in [2.24, 2.45) is 16.8 Å². The first-order valence-electron chi connectivity index (χ1n) is 10.5. The number of hydrogen-bond acceptors (Lipinski definition) is 5. The maximum atomic E-state index is 12.4. The van der Waals surface area contributed by atoms with Gasteiger partial charge in [-0.05, 0) is 37.8 Å². The largest absolute Gasteiger partial charge is 0.469 e. The van der Waals surface area contributed by atoms with Crippen molar-refractivity contribution >= 4 is 23.7 Å². The van der Waals surface area contributed by atoms with Crippen LogP contribution in [0.2, 0.25) is 0 Å². The minimum absolute atomic E-state index is 0.146. The number of nitrogens with one attached hydrogen (secondary N) is 1. The number of carbonyl (C=O) groups excluding carboxylic acids is 3. The van der Waals surface area contributed by atoms with Crippen LogP contribution in [0, 0.1) is 11.8 Å². The van der Waals surface area contributed by atoms with E-state index in [2.05, 4.69) is 15.2 Å². The summed E-state index contributed by atoms with van der Waals surface area (Å²) in [6, 6.07) is 6.94. The summed E-state index contributed by atoms with van der Waals surface area (Å²) in [6.45, 7) is 7.11. The molecule has 2 atom stereocenters. The monoisotopic (exact) mass is 414 g/mol. The number of fused-ring (bicyclic) bond motifs is 1. The van der Waals surface area contributed by atoms with Gasteiger partial charge in [0.25, 0.3) is 11.8 Å². The first-order valence-corrected chi connectivity index (χ1v) is 10.5. The number of likely N-dealkylation sites (tertiary alicyclic amines) is 1. The molecule has 2 aliphatic heterocycles. The molecule has 2 unspecified atom stereocenters. The SMILES string of the molecule is CCNC(=NCCCCN1C(=O)c2ccccc2C1=O)N1CC(C)C(C(=O)OC)C1. The average Bonchev–Trinajstić information content (AvgIpc) is 3.25. The Bertz CT molecular complexity index is 803. The Balaban J connectivity index is 1.51. The van der Waals surface area contributed by atoms with E-state index in [0.717, 1.165) is 25.5 Å². The fraction of sp³-hybridized carbons (Fsp3) is 0.545. The van der Waals surface area contributed by atoms with Crippen molar-refractivity contribution in [3.63, 3.8) is 0 Å². The summed E-state index contributed by atoms with van der Waals surface area (Å²) in [5.41, 5.74) is 0.969. The topological polar surface area (TPSA) is 91.3 Å².